The number of aromatic nitrogens is 1. The molecular weight excluding hydrogens is 323 g/mol. The van der Waals surface area contributed by atoms with Crippen LogP contribution < -0.4 is 10.6 Å². The van der Waals surface area contributed by atoms with Gasteiger partial charge in [0.05, 0.1) is 5.56 Å². The molecule has 5 nitrogen and oxygen atoms in total. The summed E-state index contributed by atoms with van der Waals surface area (Å²) < 4.78 is 37.4. The summed E-state index contributed by atoms with van der Waals surface area (Å²) in [5.74, 6) is -0.996. The maximum Gasteiger partial charge on any atom is 0.416 e. The number of hydrogen-bond donors (Lipinski definition) is 2. The van der Waals surface area contributed by atoms with Crippen molar-refractivity contribution in [1.29, 1.82) is 0 Å². The molecule has 0 saturated carbocycles. The van der Waals surface area contributed by atoms with Gasteiger partial charge in [0.2, 0.25) is 5.91 Å². The molecule has 0 radical (unpaired) electrons. The minimum Gasteiger partial charge on any atom is -0.341 e. The fraction of sp³-hybridized carbons (Fsp3) is 0.188. The van der Waals surface area contributed by atoms with Crippen molar-refractivity contribution in [3.63, 3.8) is 0 Å². The van der Waals surface area contributed by atoms with Gasteiger partial charge >= 0.3 is 6.18 Å². The summed E-state index contributed by atoms with van der Waals surface area (Å²) in [6.07, 6.45) is -1.54. The number of benzene rings is 1. The molecule has 0 bridgehead atoms. The minimum atomic E-state index is -4.44. The second kappa shape index (κ2) is 7.12. The molecule has 1 aromatic heterocycles. The zero-order chi connectivity index (χ0) is 17.7. The van der Waals surface area contributed by atoms with Gasteiger partial charge < -0.3 is 10.6 Å². The molecule has 2 aromatic rings. The highest BCUT2D eigenvalue weighted by molar-refractivity contribution is 6.00. The molecule has 0 aliphatic carbocycles. The largest absolute Gasteiger partial charge is 0.416 e. The van der Waals surface area contributed by atoms with Crippen LogP contribution in [0.4, 0.5) is 18.9 Å². The van der Waals surface area contributed by atoms with E-state index in [1.54, 1.807) is 0 Å². The van der Waals surface area contributed by atoms with Gasteiger partial charge in [-0.25, -0.2) is 0 Å². The van der Waals surface area contributed by atoms with E-state index < -0.39 is 29.6 Å². The topological polar surface area (TPSA) is 71.1 Å². The van der Waals surface area contributed by atoms with E-state index in [9.17, 15) is 22.8 Å². The van der Waals surface area contributed by atoms with Crippen LogP contribution in [0.5, 0.6) is 0 Å². The number of amides is 2. The zero-order valence-corrected chi connectivity index (χ0v) is 12.6. The highest BCUT2D eigenvalue weighted by Gasteiger charge is 2.30. The van der Waals surface area contributed by atoms with Gasteiger partial charge in [-0.1, -0.05) is 0 Å². The summed E-state index contributed by atoms with van der Waals surface area (Å²) in [6, 6.07) is 6.17. The lowest BCUT2D eigenvalue weighted by Crippen LogP contribution is -2.41. The summed E-state index contributed by atoms with van der Waals surface area (Å²) in [5.41, 5.74) is -0.253. The van der Waals surface area contributed by atoms with Gasteiger partial charge in [0, 0.05) is 23.6 Å². The quantitative estimate of drug-likeness (QED) is 0.901. The van der Waals surface area contributed by atoms with E-state index in [0.717, 1.165) is 24.3 Å². The van der Waals surface area contributed by atoms with E-state index in [1.165, 1.54) is 31.5 Å². The SMILES string of the molecule is C[C@@H](NC(=O)c1ccncc1)C(=O)Nc1ccc(C(F)(F)F)cc1. The third kappa shape index (κ3) is 4.55. The average molecular weight is 337 g/mol. The normalized spacial score (nSPS) is 12.3. The first-order valence-electron chi connectivity index (χ1n) is 6.96. The van der Waals surface area contributed by atoms with E-state index in [0.29, 0.717) is 5.56 Å². The van der Waals surface area contributed by atoms with E-state index >= 15 is 0 Å². The second-order valence-corrected chi connectivity index (χ2v) is 5.00. The minimum absolute atomic E-state index is 0.206. The Hall–Kier alpha value is -2.90. The third-order valence-electron chi connectivity index (χ3n) is 3.16. The molecule has 0 fully saturated rings. The van der Waals surface area contributed by atoms with Crippen LogP contribution in [0.2, 0.25) is 0 Å². The molecule has 0 unspecified atom stereocenters. The highest BCUT2D eigenvalue weighted by Crippen LogP contribution is 2.29. The van der Waals surface area contributed by atoms with Crippen molar-refractivity contribution in [2.24, 2.45) is 0 Å². The Kier molecular flexibility index (Phi) is 5.18. The van der Waals surface area contributed by atoms with Gasteiger partial charge in [-0.05, 0) is 43.3 Å². The van der Waals surface area contributed by atoms with Crippen LogP contribution in [0, 0.1) is 0 Å². The molecule has 0 spiro atoms. The van der Waals surface area contributed by atoms with Crippen LogP contribution in [-0.2, 0) is 11.0 Å². The predicted molar refractivity (Wildman–Crippen MR) is 81.2 cm³/mol. The van der Waals surface area contributed by atoms with Crippen LogP contribution in [0.15, 0.2) is 48.8 Å². The fourth-order valence-corrected chi connectivity index (χ4v) is 1.84. The molecule has 2 rings (SSSR count). The lowest BCUT2D eigenvalue weighted by Gasteiger charge is -2.14. The average Bonchev–Trinajstić information content (AvgIpc) is 2.55. The maximum absolute atomic E-state index is 12.5. The number of halogens is 3. The third-order valence-corrected chi connectivity index (χ3v) is 3.16. The van der Waals surface area contributed by atoms with Gasteiger partial charge in [-0.2, -0.15) is 13.2 Å². The van der Waals surface area contributed by atoms with Crippen LogP contribution in [0.1, 0.15) is 22.8 Å². The number of anilines is 1. The molecule has 126 valence electrons. The van der Waals surface area contributed by atoms with E-state index in [2.05, 4.69) is 15.6 Å². The van der Waals surface area contributed by atoms with Gasteiger partial charge in [0.25, 0.3) is 5.91 Å². The summed E-state index contributed by atoms with van der Waals surface area (Å²) in [5, 5.41) is 4.94. The Bertz CT molecular complexity index is 716. The first kappa shape index (κ1) is 17.5. The maximum atomic E-state index is 12.5. The second-order valence-electron chi connectivity index (χ2n) is 5.00. The molecule has 2 amide bonds. The Morgan fingerprint density at radius 2 is 1.62 bits per heavy atom. The lowest BCUT2D eigenvalue weighted by atomic mass is 10.2. The van der Waals surface area contributed by atoms with Crippen molar-refractivity contribution in [2.45, 2.75) is 19.1 Å². The summed E-state index contributed by atoms with van der Waals surface area (Å²) in [7, 11) is 0. The van der Waals surface area contributed by atoms with Gasteiger partial charge in [0.1, 0.15) is 6.04 Å². The van der Waals surface area contributed by atoms with Crippen molar-refractivity contribution >= 4 is 17.5 Å². The fourth-order valence-electron chi connectivity index (χ4n) is 1.84. The van der Waals surface area contributed by atoms with Crippen LogP contribution in [0.25, 0.3) is 0 Å². The van der Waals surface area contributed by atoms with Crippen molar-refractivity contribution in [3.05, 3.63) is 59.9 Å². The molecule has 24 heavy (non-hydrogen) atoms. The van der Waals surface area contributed by atoms with Crippen molar-refractivity contribution in [3.8, 4) is 0 Å². The lowest BCUT2D eigenvalue weighted by molar-refractivity contribution is -0.137. The number of rotatable bonds is 4. The molecule has 0 aliphatic rings. The Morgan fingerprint density at radius 3 is 2.17 bits per heavy atom. The number of hydrogen-bond acceptors (Lipinski definition) is 3. The number of pyridine rings is 1. The number of carbonyl (C=O) groups excluding carboxylic acids is 2. The molecule has 1 heterocycles. The van der Waals surface area contributed by atoms with Crippen molar-refractivity contribution < 1.29 is 22.8 Å². The standard InChI is InChI=1S/C16H14F3N3O2/c1-10(21-15(24)11-6-8-20-9-7-11)14(23)22-13-4-2-12(3-5-13)16(17,18)19/h2-10H,1H3,(H,21,24)(H,22,23)/t10-/m1/s1. The molecular formula is C16H14F3N3O2. The Balaban J connectivity index is 1.95. The zero-order valence-electron chi connectivity index (χ0n) is 12.6. The summed E-state index contributed by atoms with van der Waals surface area (Å²) in [6.45, 7) is 1.47. The molecule has 2 N–H and O–H groups in total. The summed E-state index contributed by atoms with van der Waals surface area (Å²) >= 11 is 0. The van der Waals surface area contributed by atoms with Gasteiger partial charge in [-0.15, -0.1) is 0 Å². The number of alkyl halides is 3. The van der Waals surface area contributed by atoms with Crippen molar-refractivity contribution in [2.75, 3.05) is 5.32 Å². The van der Waals surface area contributed by atoms with Crippen LogP contribution in [0.3, 0.4) is 0 Å². The van der Waals surface area contributed by atoms with Crippen LogP contribution in [-0.4, -0.2) is 22.8 Å². The molecule has 0 aliphatic heterocycles. The molecule has 0 saturated heterocycles. The number of nitrogens with one attached hydrogen (secondary N) is 2. The Labute approximate surface area is 135 Å². The van der Waals surface area contributed by atoms with E-state index in [4.69, 9.17) is 0 Å². The Morgan fingerprint density at radius 1 is 1.04 bits per heavy atom. The monoisotopic (exact) mass is 337 g/mol. The highest BCUT2D eigenvalue weighted by atomic mass is 19.4. The summed E-state index contributed by atoms with van der Waals surface area (Å²) in [4.78, 5) is 27.7. The smallest absolute Gasteiger partial charge is 0.341 e. The molecule has 8 heteroatoms. The number of nitrogens with zero attached hydrogens (tertiary/aromatic N) is 1. The van der Waals surface area contributed by atoms with Crippen molar-refractivity contribution in [1.82, 2.24) is 10.3 Å². The van der Waals surface area contributed by atoms with Crippen LogP contribution >= 0.6 is 0 Å². The molecule has 1 atom stereocenters. The van der Waals surface area contributed by atoms with Gasteiger partial charge in [0.15, 0.2) is 0 Å². The first-order valence-corrected chi connectivity index (χ1v) is 6.96. The van der Waals surface area contributed by atoms with E-state index in [1.807, 2.05) is 0 Å². The van der Waals surface area contributed by atoms with E-state index in [-0.39, 0.29) is 5.69 Å². The predicted octanol–water partition coefficient (Wildman–Crippen LogP) is 2.86. The number of carbonyl (C=O) groups is 2. The molecule has 1 aromatic carbocycles. The van der Waals surface area contributed by atoms with Gasteiger partial charge in [-0.3, -0.25) is 14.6 Å². The first-order chi connectivity index (χ1) is 11.3.